The number of aromatic amines is 1. The highest BCUT2D eigenvalue weighted by atomic mass is 32.2. The van der Waals surface area contributed by atoms with Crippen LogP contribution in [0.25, 0.3) is 0 Å². The maximum absolute atomic E-state index is 11.1. The third-order valence-electron chi connectivity index (χ3n) is 2.52. The van der Waals surface area contributed by atoms with Crippen LogP contribution in [0.2, 0.25) is 0 Å². The minimum atomic E-state index is -3.68. The summed E-state index contributed by atoms with van der Waals surface area (Å²) in [5.41, 5.74) is 2.78. The van der Waals surface area contributed by atoms with Crippen molar-refractivity contribution in [1.29, 1.82) is 0 Å². The van der Waals surface area contributed by atoms with Crippen LogP contribution in [0.1, 0.15) is 11.4 Å². The van der Waals surface area contributed by atoms with Gasteiger partial charge in [-0.15, -0.1) is 5.11 Å². The normalized spacial score (nSPS) is 12.2. The van der Waals surface area contributed by atoms with Crippen molar-refractivity contribution in [2.45, 2.75) is 18.7 Å². The molecule has 7 nitrogen and oxygen atoms in total. The number of primary sulfonamides is 1. The van der Waals surface area contributed by atoms with E-state index >= 15 is 0 Å². The van der Waals surface area contributed by atoms with Gasteiger partial charge >= 0.3 is 0 Å². The van der Waals surface area contributed by atoms with Gasteiger partial charge in [0.15, 0.2) is 0 Å². The number of azo groups is 1. The van der Waals surface area contributed by atoms with E-state index in [1.165, 1.54) is 24.3 Å². The summed E-state index contributed by atoms with van der Waals surface area (Å²) in [6.45, 7) is 3.67. The summed E-state index contributed by atoms with van der Waals surface area (Å²) in [4.78, 5) is 0.0436. The summed E-state index contributed by atoms with van der Waals surface area (Å²) in [5, 5.41) is 19.9. The van der Waals surface area contributed by atoms with Gasteiger partial charge in [0.2, 0.25) is 10.0 Å². The Morgan fingerprint density at radius 2 is 1.79 bits per heavy atom. The number of H-pyrrole nitrogens is 1. The van der Waals surface area contributed by atoms with Crippen LogP contribution in [-0.4, -0.2) is 18.6 Å². The van der Waals surface area contributed by atoms with Crippen LogP contribution in [0.3, 0.4) is 0 Å². The minimum Gasteiger partial charge on any atom is -0.280 e. The Morgan fingerprint density at radius 3 is 2.26 bits per heavy atom. The lowest BCUT2D eigenvalue weighted by Gasteiger charge is -1.97. The number of hydrogen-bond donors (Lipinski definition) is 2. The predicted octanol–water partition coefficient (Wildman–Crippen LogP) is 2.09. The number of nitrogens with zero attached hydrogens (tertiary/aromatic N) is 3. The Kier molecular flexibility index (Phi) is 3.45. The highest BCUT2D eigenvalue weighted by molar-refractivity contribution is 7.89. The topological polar surface area (TPSA) is 114 Å². The first kappa shape index (κ1) is 13.4. The molecule has 0 aliphatic carbocycles. The van der Waals surface area contributed by atoms with Crippen LogP contribution in [0.4, 0.5) is 11.4 Å². The number of sulfonamides is 1. The first-order valence-electron chi connectivity index (χ1n) is 5.44. The van der Waals surface area contributed by atoms with Gasteiger partial charge in [-0.05, 0) is 38.1 Å². The van der Waals surface area contributed by atoms with Crippen LogP contribution < -0.4 is 5.14 Å². The summed E-state index contributed by atoms with van der Waals surface area (Å²) < 4.78 is 22.2. The van der Waals surface area contributed by atoms with Crippen molar-refractivity contribution in [3.8, 4) is 0 Å². The van der Waals surface area contributed by atoms with Gasteiger partial charge in [0, 0.05) is 0 Å². The second-order valence-corrected chi connectivity index (χ2v) is 5.58. The van der Waals surface area contributed by atoms with Gasteiger partial charge in [-0.2, -0.15) is 10.2 Å². The maximum Gasteiger partial charge on any atom is 0.238 e. The lowest BCUT2D eigenvalue weighted by Crippen LogP contribution is -2.11. The molecule has 0 radical (unpaired) electrons. The van der Waals surface area contributed by atoms with E-state index < -0.39 is 10.0 Å². The third-order valence-corrected chi connectivity index (χ3v) is 3.45. The van der Waals surface area contributed by atoms with Crippen LogP contribution in [0.5, 0.6) is 0 Å². The van der Waals surface area contributed by atoms with E-state index in [2.05, 4.69) is 20.4 Å². The smallest absolute Gasteiger partial charge is 0.238 e. The molecule has 0 bridgehead atoms. The van der Waals surface area contributed by atoms with Gasteiger partial charge in [-0.3, -0.25) is 5.10 Å². The maximum atomic E-state index is 11.1. The van der Waals surface area contributed by atoms with Gasteiger partial charge < -0.3 is 0 Å². The first-order chi connectivity index (χ1) is 8.88. The quantitative estimate of drug-likeness (QED) is 0.838. The average molecular weight is 279 g/mol. The molecule has 0 spiro atoms. The molecule has 1 aromatic heterocycles. The fraction of sp³-hybridized carbons (Fsp3) is 0.182. The Morgan fingerprint density at radius 1 is 1.16 bits per heavy atom. The second kappa shape index (κ2) is 4.90. The van der Waals surface area contributed by atoms with Crippen molar-refractivity contribution in [2.24, 2.45) is 15.4 Å². The number of aryl methyl sites for hydroxylation is 2. The molecule has 2 aromatic rings. The van der Waals surface area contributed by atoms with E-state index in [-0.39, 0.29) is 4.90 Å². The van der Waals surface area contributed by atoms with Gasteiger partial charge in [-0.1, -0.05) is 0 Å². The molecule has 19 heavy (non-hydrogen) atoms. The van der Waals surface area contributed by atoms with E-state index in [1.54, 1.807) is 0 Å². The van der Waals surface area contributed by atoms with E-state index in [4.69, 9.17) is 5.14 Å². The molecule has 0 aliphatic heterocycles. The van der Waals surface area contributed by atoms with Crippen molar-refractivity contribution in [3.63, 3.8) is 0 Å². The standard InChI is InChI=1S/C11H13N5O2S/c1-7-11(8(2)14-13-7)16-15-9-3-5-10(6-4-9)19(12,17)18/h3-6H,1-2H3,(H,13,14)(H2,12,17,18). The number of hydrogen-bond acceptors (Lipinski definition) is 5. The molecule has 0 aliphatic rings. The third kappa shape index (κ3) is 3.04. The van der Waals surface area contributed by atoms with Crippen LogP contribution in [-0.2, 0) is 10.0 Å². The van der Waals surface area contributed by atoms with E-state index in [0.717, 1.165) is 11.4 Å². The summed E-state index contributed by atoms with van der Waals surface area (Å²) in [5.74, 6) is 0. The molecule has 0 saturated carbocycles. The van der Waals surface area contributed by atoms with Crippen molar-refractivity contribution in [3.05, 3.63) is 35.7 Å². The lowest BCUT2D eigenvalue weighted by atomic mass is 10.3. The van der Waals surface area contributed by atoms with Crippen molar-refractivity contribution in [1.82, 2.24) is 10.2 Å². The van der Waals surface area contributed by atoms with Gasteiger partial charge in [-0.25, -0.2) is 13.6 Å². The van der Waals surface area contributed by atoms with Crippen LogP contribution >= 0.6 is 0 Å². The molecule has 0 unspecified atom stereocenters. The molecular weight excluding hydrogens is 266 g/mol. The zero-order valence-electron chi connectivity index (χ0n) is 10.5. The second-order valence-electron chi connectivity index (χ2n) is 4.02. The Hall–Kier alpha value is -2.06. The predicted molar refractivity (Wildman–Crippen MR) is 70.1 cm³/mol. The monoisotopic (exact) mass is 279 g/mol. The SMILES string of the molecule is Cc1n[nH]c(C)c1N=Nc1ccc(S(N)(=O)=O)cc1. The minimum absolute atomic E-state index is 0.0436. The number of nitrogens with one attached hydrogen (secondary N) is 1. The van der Waals surface area contributed by atoms with Crippen molar-refractivity contribution in [2.75, 3.05) is 0 Å². The molecule has 3 N–H and O–H groups in total. The summed E-state index contributed by atoms with van der Waals surface area (Å²) >= 11 is 0. The Balaban J connectivity index is 2.25. The van der Waals surface area contributed by atoms with E-state index in [9.17, 15) is 8.42 Å². The highest BCUT2D eigenvalue weighted by Crippen LogP contribution is 2.24. The molecule has 100 valence electrons. The first-order valence-corrected chi connectivity index (χ1v) is 6.99. The summed E-state index contributed by atoms with van der Waals surface area (Å²) in [6, 6.07) is 5.85. The van der Waals surface area contributed by atoms with E-state index in [0.29, 0.717) is 11.4 Å². The summed E-state index contributed by atoms with van der Waals surface area (Å²) in [7, 11) is -3.68. The zero-order chi connectivity index (χ0) is 14.0. The average Bonchev–Trinajstić information content (AvgIpc) is 2.66. The fourth-order valence-electron chi connectivity index (χ4n) is 1.50. The van der Waals surface area contributed by atoms with Crippen LogP contribution in [0, 0.1) is 13.8 Å². The molecule has 0 fully saturated rings. The van der Waals surface area contributed by atoms with Crippen molar-refractivity contribution >= 4 is 21.4 Å². The van der Waals surface area contributed by atoms with Gasteiger partial charge in [0.05, 0.1) is 22.0 Å². The Labute approximate surface area is 110 Å². The van der Waals surface area contributed by atoms with Gasteiger partial charge in [0.1, 0.15) is 5.69 Å². The molecule has 1 aromatic carbocycles. The fourth-order valence-corrected chi connectivity index (χ4v) is 2.02. The highest BCUT2D eigenvalue weighted by Gasteiger charge is 2.07. The summed E-state index contributed by atoms with van der Waals surface area (Å²) in [6.07, 6.45) is 0. The number of nitrogens with two attached hydrogens (primary N) is 1. The largest absolute Gasteiger partial charge is 0.280 e. The number of rotatable bonds is 3. The molecule has 0 atom stereocenters. The number of aromatic nitrogens is 2. The molecule has 1 heterocycles. The molecular formula is C11H13N5O2S. The molecule has 0 amide bonds. The zero-order valence-corrected chi connectivity index (χ0v) is 11.3. The Bertz CT molecular complexity index is 697. The lowest BCUT2D eigenvalue weighted by molar-refractivity contribution is 0.598. The van der Waals surface area contributed by atoms with Gasteiger partial charge in [0.25, 0.3) is 0 Å². The van der Waals surface area contributed by atoms with E-state index in [1.807, 2.05) is 13.8 Å². The number of benzene rings is 1. The molecule has 2 rings (SSSR count). The van der Waals surface area contributed by atoms with Crippen molar-refractivity contribution < 1.29 is 8.42 Å². The molecule has 8 heteroatoms. The molecule has 0 saturated heterocycles. The van der Waals surface area contributed by atoms with Crippen LogP contribution in [0.15, 0.2) is 39.4 Å².